The summed E-state index contributed by atoms with van der Waals surface area (Å²) >= 11 is 0. The Hall–Kier alpha value is -1.32. The second-order valence-corrected chi connectivity index (χ2v) is 7.76. The maximum Gasteiger partial charge on any atom is 0.419 e. The van der Waals surface area contributed by atoms with Gasteiger partial charge in [0.15, 0.2) is 0 Å². The van der Waals surface area contributed by atoms with Gasteiger partial charge in [-0.1, -0.05) is 12.1 Å². The summed E-state index contributed by atoms with van der Waals surface area (Å²) in [4.78, 5) is 0. The van der Waals surface area contributed by atoms with Gasteiger partial charge in [-0.3, -0.25) is 0 Å². The molecular formula is C21H26F4. The molecule has 138 valence electrons. The molecule has 1 aromatic carbocycles. The predicted octanol–water partition coefficient (Wildman–Crippen LogP) is 7.11. The molecule has 0 N–H and O–H groups in total. The smallest absolute Gasteiger partial charge is 0.206 e. The average molecular weight is 354 g/mol. The lowest BCUT2D eigenvalue weighted by Crippen LogP contribution is -2.25. The van der Waals surface area contributed by atoms with Gasteiger partial charge in [0.1, 0.15) is 5.82 Å². The highest BCUT2D eigenvalue weighted by molar-refractivity contribution is 5.29. The minimum Gasteiger partial charge on any atom is -0.206 e. The molecule has 25 heavy (non-hydrogen) atoms. The van der Waals surface area contributed by atoms with Crippen LogP contribution >= 0.6 is 0 Å². The van der Waals surface area contributed by atoms with E-state index >= 15 is 0 Å². The number of hydrogen-bond acceptors (Lipinski definition) is 0. The fourth-order valence-corrected chi connectivity index (χ4v) is 4.79. The van der Waals surface area contributed by atoms with Gasteiger partial charge in [-0.2, -0.15) is 13.2 Å². The van der Waals surface area contributed by atoms with Crippen molar-refractivity contribution in [2.24, 2.45) is 17.8 Å². The highest BCUT2D eigenvalue weighted by Crippen LogP contribution is 2.44. The SMILES string of the molecule is C=CC1CCC(C2CCC(c3ccc(C(F)(F)F)c(F)c3)CC2)CC1. The number of hydrogen-bond donors (Lipinski definition) is 0. The number of halogens is 4. The Bertz CT molecular complexity index is 588. The van der Waals surface area contributed by atoms with E-state index in [1.807, 2.05) is 0 Å². The molecule has 0 spiro atoms. The van der Waals surface area contributed by atoms with E-state index in [0.717, 1.165) is 55.2 Å². The predicted molar refractivity (Wildman–Crippen MR) is 91.7 cm³/mol. The normalized spacial score (nSPS) is 30.9. The Balaban J connectivity index is 1.57. The van der Waals surface area contributed by atoms with Gasteiger partial charge in [0.25, 0.3) is 0 Å². The van der Waals surface area contributed by atoms with Crippen LogP contribution in [0, 0.1) is 23.6 Å². The maximum atomic E-state index is 13.8. The molecule has 0 nitrogen and oxygen atoms in total. The van der Waals surface area contributed by atoms with Crippen LogP contribution in [0.1, 0.15) is 68.4 Å². The van der Waals surface area contributed by atoms with Crippen LogP contribution in [0.5, 0.6) is 0 Å². The number of rotatable bonds is 3. The van der Waals surface area contributed by atoms with E-state index in [1.165, 1.54) is 31.7 Å². The number of benzene rings is 1. The van der Waals surface area contributed by atoms with Crippen LogP contribution in [0.3, 0.4) is 0 Å². The summed E-state index contributed by atoms with van der Waals surface area (Å²) in [6.45, 7) is 3.89. The van der Waals surface area contributed by atoms with Gasteiger partial charge in [-0.05, 0) is 92.7 Å². The molecule has 4 heteroatoms. The summed E-state index contributed by atoms with van der Waals surface area (Å²) in [5, 5.41) is 0. The molecule has 0 aromatic heterocycles. The topological polar surface area (TPSA) is 0 Å². The van der Waals surface area contributed by atoms with E-state index in [-0.39, 0.29) is 5.92 Å². The molecule has 0 saturated heterocycles. The van der Waals surface area contributed by atoms with Crippen LogP contribution in [-0.4, -0.2) is 0 Å². The monoisotopic (exact) mass is 354 g/mol. The third kappa shape index (κ3) is 4.27. The second-order valence-electron chi connectivity index (χ2n) is 7.76. The van der Waals surface area contributed by atoms with Gasteiger partial charge in [0, 0.05) is 0 Å². The van der Waals surface area contributed by atoms with Gasteiger partial charge in [-0.25, -0.2) is 4.39 Å². The molecule has 1 aromatic rings. The zero-order valence-electron chi connectivity index (χ0n) is 14.5. The molecule has 2 saturated carbocycles. The Morgan fingerprint density at radius 2 is 1.44 bits per heavy atom. The second kappa shape index (κ2) is 7.51. The molecule has 0 amide bonds. The van der Waals surface area contributed by atoms with E-state index in [9.17, 15) is 17.6 Å². The van der Waals surface area contributed by atoms with E-state index in [2.05, 4.69) is 12.7 Å². The Morgan fingerprint density at radius 3 is 1.92 bits per heavy atom. The maximum absolute atomic E-state index is 13.8. The summed E-state index contributed by atoms with van der Waals surface area (Å²) in [6, 6.07) is 3.46. The molecular weight excluding hydrogens is 328 g/mol. The fourth-order valence-electron chi connectivity index (χ4n) is 4.79. The minimum absolute atomic E-state index is 0.192. The summed E-state index contributed by atoms with van der Waals surface area (Å²) in [7, 11) is 0. The van der Waals surface area contributed by atoms with Gasteiger partial charge in [0.2, 0.25) is 0 Å². The molecule has 0 heterocycles. The highest BCUT2D eigenvalue weighted by atomic mass is 19.4. The quantitative estimate of drug-likeness (QED) is 0.401. The van der Waals surface area contributed by atoms with Crippen LogP contribution in [0.4, 0.5) is 17.6 Å². The van der Waals surface area contributed by atoms with E-state index in [0.29, 0.717) is 5.92 Å². The molecule has 0 aliphatic heterocycles. The molecule has 2 aliphatic rings. The Morgan fingerprint density at radius 1 is 0.880 bits per heavy atom. The van der Waals surface area contributed by atoms with Crippen molar-refractivity contribution >= 4 is 0 Å². The van der Waals surface area contributed by atoms with Gasteiger partial charge >= 0.3 is 6.18 Å². The molecule has 2 aliphatic carbocycles. The van der Waals surface area contributed by atoms with E-state index < -0.39 is 17.6 Å². The molecule has 0 unspecified atom stereocenters. The molecule has 0 atom stereocenters. The molecule has 2 fully saturated rings. The van der Waals surface area contributed by atoms with Gasteiger partial charge in [0.05, 0.1) is 5.56 Å². The Kier molecular flexibility index (Phi) is 5.55. The van der Waals surface area contributed by atoms with E-state index in [4.69, 9.17) is 0 Å². The first-order chi connectivity index (χ1) is 11.9. The fraction of sp³-hybridized carbons (Fsp3) is 0.619. The average Bonchev–Trinajstić information content (AvgIpc) is 2.61. The van der Waals surface area contributed by atoms with Crippen molar-refractivity contribution in [3.63, 3.8) is 0 Å². The first-order valence-corrected chi connectivity index (χ1v) is 9.37. The Labute approximate surface area is 147 Å². The number of alkyl halides is 3. The zero-order valence-corrected chi connectivity index (χ0v) is 14.5. The van der Waals surface area contributed by atoms with Crippen molar-refractivity contribution in [1.29, 1.82) is 0 Å². The molecule has 0 radical (unpaired) electrons. The lowest BCUT2D eigenvalue weighted by atomic mass is 9.68. The minimum atomic E-state index is -4.62. The first-order valence-electron chi connectivity index (χ1n) is 9.37. The van der Waals surface area contributed by atoms with Crippen molar-refractivity contribution in [1.82, 2.24) is 0 Å². The van der Waals surface area contributed by atoms with Gasteiger partial charge in [-0.15, -0.1) is 6.58 Å². The van der Waals surface area contributed by atoms with Crippen molar-refractivity contribution in [3.05, 3.63) is 47.8 Å². The lowest BCUT2D eigenvalue weighted by molar-refractivity contribution is -0.140. The summed E-state index contributed by atoms with van der Waals surface area (Å²) in [6.07, 6.45) is 6.58. The van der Waals surface area contributed by atoms with Crippen LogP contribution in [0.15, 0.2) is 30.9 Å². The zero-order chi connectivity index (χ0) is 18.0. The van der Waals surface area contributed by atoms with Gasteiger partial charge < -0.3 is 0 Å². The third-order valence-electron chi connectivity index (χ3n) is 6.36. The van der Waals surface area contributed by atoms with Crippen LogP contribution in [-0.2, 0) is 6.18 Å². The van der Waals surface area contributed by atoms with Crippen LogP contribution in [0.25, 0.3) is 0 Å². The number of allylic oxidation sites excluding steroid dienone is 1. The molecule has 3 rings (SSSR count). The van der Waals surface area contributed by atoms with Crippen molar-refractivity contribution in [2.75, 3.05) is 0 Å². The van der Waals surface area contributed by atoms with Crippen molar-refractivity contribution in [3.8, 4) is 0 Å². The van der Waals surface area contributed by atoms with Crippen LogP contribution < -0.4 is 0 Å². The standard InChI is InChI=1S/C21H26F4/c1-2-14-3-5-15(6-4-14)16-7-9-17(10-8-16)18-11-12-19(20(22)13-18)21(23,24)25/h2,11-17H,1,3-10H2. The van der Waals surface area contributed by atoms with E-state index in [1.54, 1.807) is 0 Å². The third-order valence-corrected chi connectivity index (χ3v) is 6.36. The summed E-state index contributed by atoms with van der Waals surface area (Å²) in [5.41, 5.74) is -0.441. The lowest BCUT2D eigenvalue weighted by Gasteiger charge is -2.37. The largest absolute Gasteiger partial charge is 0.419 e. The van der Waals surface area contributed by atoms with Crippen LogP contribution in [0.2, 0.25) is 0 Å². The molecule has 0 bridgehead atoms. The summed E-state index contributed by atoms with van der Waals surface area (Å²) in [5.74, 6) is 1.22. The van der Waals surface area contributed by atoms with Crippen molar-refractivity contribution in [2.45, 2.75) is 63.5 Å². The highest BCUT2D eigenvalue weighted by Gasteiger charge is 2.35. The summed E-state index contributed by atoms with van der Waals surface area (Å²) < 4.78 is 51.9. The van der Waals surface area contributed by atoms with Crippen molar-refractivity contribution < 1.29 is 17.6 Å². The first kappa shape index (κ1) is 18.5.